The number of aryl methyl sites for hydroxylation is 1. The molecule has 2 N–H and O–H groups in total. The van der Waals surface area contributed by atoms with Gasteiger partial charge >= 0.3 is 0 Å². The Labute approximate surface area is 105 Å². The summed E-state index contributed by atoms with van der Waals surface area (Å²) in [6, 6.07) is 6.10. The lowest BCUT2D eigenvalue weighted by molar-refractivity contribution is -0.120. The van der Waals surface area contributed by atoms with E-state index in [9.17, 15) is 4.79 Å². The molecule has 0 fully saturated rings. The Morgan fingerprint density at radius 2 is 2.19 bits per heavy atom. The molecule has 0 aromatic heterocycles. The number of anilines is 1. The Balaban J connectivity index is 2.42. The predicted molar refractivity (Wildman–Crippen MR) is 70.7 cm³/mol. The fourth-order valence-corrected chi connectivity index (χ4v) is 1.76. The Morgan fingerprint density at radius 3 is 2.88 bits per heavy atom. The first kappa shape index (κ1) is 13.0. The van der Waals surface area contributed by atoms with E-state index in [0.717, 1.165) is 10.2 Å². The molecule has 88 valence electrons. The lowest BCUT2D eigenvalue weighted by atomic mass is 10.2. The Hall–Kier alpha value is -1.03. The van der Waals surface area contributed by atoms with E-state index in [0.29, 0.717) is 19.5 Å². The second-order valence-corrected chi connectivity index (χ2v) is 4.47. The maximum absolute atomic E-state index is 11.2. The van der Waals surface area contributed by atoms with Gasteiger partial charge in [-0.15, -0.1) is 0 Å². The van der Waals surface area contributed by atoms with Crippen LogP contribution in [0.1, 0.15) is 18.9 Å². The van der Waals surface area contributed by atoms with Gasteiger partial charge in [0.05, 0.1) is 0 Å². The van der Waals surface area contributed by atoms with Crippen LogP contribution in [-0.4, -0.2) is 19.0 Å². The topological polar surface area (TPSA) is 41.1 Å². The summed E-state index contributed by atoms with van der Waals surface area (Å²) in [5, 5.41) is 6.00. The number of carbonyl (C=O) groups is 1. The number of rotatable bonds is 5. The van der Waals surface area contributed by atoms with Gasteiger partial charge in [-0.2, -0.15) is 0 Å². The summed E-state index contributed by atoms with van der Waals surface area (Å²) >= 11 is 3.47. The van der Waals surface area contributed by atoms with E-state index < -0.39 is 0 Å². The van der Waals surface area contributed by atoms with Crippen LogP contribution in [0.25, 0.3) is 0 Å². The van der Waals surface area contributed by atoms with Crippen LogP contribution in [0.3, 0.4) is 0 Å². The molecule has 0 spiro atoms. The molecule has 0 aliphatic rings. The molecule has 0 aliphatic heterocycles. The third kappa shape index (κ3) is 4.23. The highest BCUT2D eigenvalue weighted by molar-refractivity contribution is 9.10. The molecular formula is C12H17BrN2O. The standard InChI is InChI=1S/C12H17BrN2O/c1-3-14-12(16)6-7-15-11-8-9(2)4-5-10(11)13/h4-5,8,15H,3,6-7H2,1-2H3,(H,14,16). The van der Waals surface area contributed by atoms with Crippen molar-refractivity contribution >= 4 is 27.5 Å². The third-order valence-electron chi connectivity index (χ3n) is 2.16. The minimum absolute atomic E-state index is 0.0822. The molecule has 0 saturated heterocycles. The Kier molecular flexibility index (Phi) is 5.32. The molecule has 1 amide bonds. The quantitative estimate of drug-likeness (QED) is 0.873. The molecule has 0 heterocycles. The number of amides is 1. The van der Waals surface area contributed by atoms with E-state index in [2.05, 4.69) is 32.6 Å². The zero-order valence-electron chi connectivity index (χ0n) is 9.64. The van der Waals surface area contributed by atoms with Crippen LogP contribution in [0.15, 0.2) is 22.7 Å². The molecule has 0 atom stereocenters. The maximum atomic E-state index is 11.2. The number of hydrogen-bond acceptors (Lipinski definition) is 2. The molecule has 0 saturated carbocycles. The normalized spacial score (nSPS) is 9.94. The zero-order chi connectivity index (χ0) is 12.0. The van der Waals surface area contributed by atoms with Gasteiger partial charge in [0.15, 0.2) is 0 Å². The molecule has 0 bridgehead atoms. The highest BCUT2D eigenvalue weighted by Crippen LogP contribution is 2.23. The van der Waals surface area contributed by atoms with Gasteiger partial charge in [-0.3, -0.25) is 4.79 Å². The first-order valence-electron chi connectivity index (χ1n) is 5.40. The molecule has 16 heavy (non-hydrogen) atoms. The molecule has 0 aliphatic carbocycles. The van der Waals surface area contributed by atoms with E-state index in [1.165, 1.54) is 5.56 Å². The minimum atomic E-state index is 0.0822. The van der Waals surface area contributed by atoms with E-state index in [1.54, 1.807) is 0 Å². The molecule has 1 aromatic carbocycles. The molecule has 3 nitrogen and oxygen atoms in total. The van der Waals surface area contributed by atoms with Crippen molar-refractivity contribution in [2.45, 2.75) is 20.3 Å². The van der Waals surface area contributed by atoms with Crippen LogP contribution >= 0.6 is 15.9 Å². The van der Waals surface area contributed by atoms with Crippen LogP contribution < -0.4 is 10.6 Å². The van der Waals surface area contributed by atoms with Gasteiger partial charge in [0.25, 0.3) is 0 Å². The summed E-state index contributed by atoms with van der Waals surface area (Å²) in [7, 11) is 0. The number of hydrogen-bond donors (Lipinski definition) is 2. The van der Waals surface area contributed by atoms with E-state index >= 15 is 0 Å². The first-order valence-corrected chi connectivity index (χ1v) is 6.19. The summed E-state index contributed by atoms with van der Waals surface area (Å²) in [5.74, 6) is 0.0822. The van der Waals surface area contributed by atoms with Crippen molar-refractivity contribution in [2.75, 3.05) is 18.4 Å². The maximum Gasteiger partial charge on any atom is 0.221 e. The van der Waals surface area contributed by atoms with Crippen molar-refractivity contribution in [2.24, 2.45) is 0 Å². The van der Waals surface area contributed by atoms with E-state index in [1.807, 2.05) is 26.0 Å². The van der Waals surface area contributed by atoms with Crippen molar-refractivity contribution < 1.29 is 4.79 Å². The van der Waals surface area contributed by atoms with Gasteiger partial charge in [-0.25, -0.2) is 0 Å². The smallest absolute Gasteiger partial charge is 0.221 e. The summed E-state index contributed by atoms with van der Waals surface area (Å²) in [6.45, 7) is 5.30. The number of halogens is 1. The molecular weight excluding hydrogens is 268 g/mol. The van der Waals surface area contributed by atoms with Crippen molar-refractivity contribution in [3.8, 4) is 0 Å². The Morgan fingerprint density at radius 1 is 1.44 bits per heavy atom. The highest BCUT2D eigenvalue weighted by Gasteiger charge is 2.01. The van der Waals surface area contributed by atoms with Gasteiger partial charge in [-0.05, 0) is 47.5 Å². The van der Waals surface area contributed by atoms with Crippen molar-refractivity contribution in [1.29, 1.82) is 0 Å². The fraction of sp³-hybridized carbons (Fsp3) is 0.417. The number of nitrogens with one attached hydrogen (secondary N) is 2. The minimum Gasteiger partial charge on any atom is -0.384 e. The number of benzene rings is 1. The molecule has 0 radical (unpaired) electrons. The van der Waals surface area contributed by atoms with E-state index in [4.69, 9.17) is 0 Å². The molecule has 0 unspecified atom stereocenters. The average Bonchev–Trinajstić information content (AvgIpc) is 2.23. The highest BCUT2D eigenvalue weighted by atomic mass is 79.9. The van der Waals surface area contributed by atoms with Crippen molar-refractivity contribution in [3.63, 3.8) is 0 Å². The van der Waals surface area contributed by atoms with Crippen molar-refractivity contribution in [1.82, 2.24) is 5.32 Å². The predicted octanol–water partition coefficient (Wildman–Crippen LogP) is 2.70. The monoisotopic (exact) mass is 284 g/mol. The second kappa shape index (κ2) is 6.53. The SMILES string of the molecule is CCNC(=O)CCNc1cc(C)ccc1Br. The van der Waals surface area contributed by atoms with E-state index in [-0.39, 0.29) is 5.91 Å². The van der Waals surface area contributed by atoms with Crippen LogP contribution in [0.4, 0.5) is 5.69 Å². The average molecular weight is 285 g/mol. The Bertz CT molecular complexity index is 366. The fourth-order valence-electron chi connectivity index (χ4n) is 1.37. The number of carbonyl (C=O) groups excluding carboxylic acids is 1. The summed E-state index contributed by atoms with van der Waals surface area (Å²) < 4.78 is 1.02. The van der Waals surface area contributed by atoms with Gasteiger partial charge in [-0.1, -0.05) is 6.07 Å². The summed E-state index contributed by atoms with van der Waals surface area (Å²) in [4.78, 5) is 11.2. The largest absolute Gasteiger partial charge is 0.384 e. The first-order chi connectivity index (χ1) is 7.63. The van der Waals surface area contributed by atoms with Crippen LogP contribution in [-0.2, 0) is 4.79 Å². The van der Waals surface area contributed by atoms with Gasteiger partial charge in [0, 0.05) is 29.7 Å². The lowest BCUT2D eigenvalue weighted by Crippen LogP contribution is -2.24. The summed E-state index contributed by atoms with van der Waals surface area (Å²) in [6.07, 6.45) is 0.494. The van der Waals surface area contributed by atoms with Crippen LogP contribution in [0.5, 0.6) is 0 Å². The zero-order valence-corrected chi connectivity index (χ0v) is 11.2. The van der Waals surface area contributed by atoms with Crippen LogP contribution in [0.2, 0.25) is 0 Å². The summed E-state index contributed by atoms with van der Waals surface area (Å²) in [5.41, 5.74) is 2.23. The molecule has 1 aromatic rings. The van der Waals surface area contributed by atoms with Crippen LogP contribution in [0, 0.1) is 6.92 Å². The van der Waals surface area contributed by atoms with Gasteiger partial charge < -0.3 is 10.6 Å². The van der Waals surface area contributed by atoms with Crippen molar-refractivity contribution in [3.05, 3.63) is 28.2 Å². The lowest BCUT2D eigenvalue weighted by Gasteiger charge is -2.09. The molecule has 4 heteroatoms. The van der Waals surface area contributed by atoms with Gasteiger partial charge in [0.1, 0.15) is 0 Å². The second-order valence-electron chi connectivity index (χ2n) is 3.61. The molecule has 1 rings (SSSR count). The third-order valence-corrected chi connectivity index (χ3v) is 2.85. The van der Waals surface area contributed by atoms with Gasteiger partial charge in [0.2, 0.25) is 5.91 Å².